The third kappa shape index (κ3) is 5.00. The van der Waals surface area contributed by atoms with E-state index >= 15 is 0 Å². The average molecular weight is 410 g/mol. The quantitative estimate of drug-likeness (QED) is 0.549. The molecule has 3 rings (SSSR count). The number of methoxy groups -OCH3 is 2. The van der Waals surface area contributed by atoms with Crippen LogP contribution >= 0.6 is 11.3 Å². The Morgan fingerprint density at radius 2 is 1.76 bits per heavy atom. The van der Waals surface area contributed by atoms with Gasteiger partial charge in [-0.15, -0.1) is 0 Å². The number of nitrogens with one attached hydrogen (secondary N) is 1. The zero-order chi connectivity index (χ0) is 20.8. The van der Waals surface area contributed by atoms with Crippen molar-refractivity contribution in [1.29, 1.82) is 0 Å². The second-order valence-electron chi connectivity index (χ2n) is 6.36. The van der Waals surface area contributed by atoms with Crippen LogP contribution in [0.1, 0.15) is 28.6 Å². The smallest absolute Gasteiger partial charge is 0.226 e. The number of ether oxygens (including phenoxy) is 2. The number of aromatic nitrogens is 1. The number of nitrogens with zero attached hydrogens (tertiary/aromatic N) is 1. The van der Waals surface area contributed by atoms with E-state index in [2.05, 4.69) is 10.3 Å². The predicted molar refractivity (Wildman–Crippen MR) is 114 cm³/mol. The van der Waals surface area contributed by atoms with Gasteiger partial charge in [-0.2, -0.15) is 0 Å². The second kappa shape index (κ2) is 9.34. The van der Waals surface area contributed by atoms with Gasteiger partial charge >= 0.3 is 0 Å². The van der Waals surface area contributed by atoms with Gasteiger partial charge in [0.2, 0.25) is 5.91 Å². The van der Waals surface area contributed by atoms with Crippen LogP contribution in [-0.2, 0) is 11.2 Å². The van der Waals surface area contributed by atoms with E-state index in [9.17, 15) is 9.59 Å². The molecule has 6 nitrogen and oxygen atoms in total. The van der Waals surface area contributed by atoms with Crippen molar-refractivity contribution in [3.63, 3.8) is 0 Å². The molecule has 0 atom stereocenters. The third-order valence-electron chi connectivity index (χ3n) is 4.33. The molecule has 1 aromatic heterocycles. The molecule has 29 heavy (non-hydrogen) atoms. The Morgan fingerprint density at radius 1 is 1.03 bits per heavy atom. The average Bonchev–Trinajstić information content (AvgIpc) is 3.16. The predicted octanol–water partition coefficient (Wildman–Crippen LogP) is 4.60. The van der Waals surface area contributed by atoms with Crippen LogP contribution in [0.15, 0.2) is 48.5 Å². The first-order valence-corrected chi connectivity index (χ1v) is 9.91. The maximum absolute atomic E-state index is 12.4. The van der Waals surface area contributed by atoms with Gasteiger partial charge in [-0.3, -0.25) is 9.59 Å². The number of carbonyl (C=O) groups excluding carboxylic acids is 2. The zero-order valence-corrected chi connectivity index (χ0v) is 17.3. The number of carbonyl (C=O) groups is 2. The lowest BCUT2D eigenvalue weighted by Crippen LogP contribution is -2.12. The summed E-state index contributed by atoms with van der Waals surface area (Å²) in [6, 6.07) is 15.0. The molecule has 0 radical (unpaired) electrons. The molecule has 1 N–H and O–H groups in total. The van der Waals surface area contributed by atoms with Crippen molar-refractivity contribution in [1.82, 2.24) is 4.98 Å². The minimum Gasteiger partial charge on any atom is -0.493 e. The summed E-state index contributed by atoms with van der Waals surface area (Å²) in [4.78, 5) is 29.4. The largest absolute Gasteiger partial charge is 0.493 e. The Kier molecular flexibility index (Phi) is 6.61. The molecule has 0 spiro atoms. The van der Waals surface area contributed by atoms with Gasteiger partial charge in [-0.25, -0.2) is 4.98 Å². The first-order chi connectivity index (χ1) is 14.0. The second-order valence-corrected chi connectivity index (χ2v) is 7.36. The van der Waals surface area contributed by atoms with Crippen LogP contribution in [0.5, 0.6) is 11.5 Å². The normalized spacial score (nSPS) is 10.4. The van der Waals surface area contributed by atoms with Crippen LogP contribution in [0.25, 0.3) is 11.3 Å². The van der Waals surface area contributed by atoms with Crippen LogP contribution in [0, 0.1) is 0 Å². The maximum Gasteiger partial charge on any atom is 0.226 e. The number of aryl methyl sites for hydroxylation is 1. The summed E-state index contributed by atoms with van der Waals surface area (Å²) in [5, 5.41) is 3.23. The fourth-order valence-electron chi connectivity index (χ4n) is 2.88. The Labute approximate surface area is 173 Å². The van der Waals surface area contributed by atoms with Gasteiger partial charge in [0.1, 0.15) is 0 Å². The van der Waals surface area contributed by atoms with E-state index < -0.39 is 0 Å². The van der Waals surface area contributed by atoms with Crippen LogP contribution in [0.4, 0.5) is 5.13 Å². The molecule has 0 saturated carbocycles. The lowest BCUT2D eigenvalue weighted by molar-refractivity contribution is -0.116. The van der Waals surface area contributed by atoms with Crippen LogP contribution < -0.4 is 14.8 Å². The van der Waals surface area contributed by atoms with Gasteiger partial charge in [-0.1, -0.05) is 47.7 Å². The molecule has 0 unspecified atom stereocenters. The Morgan fingerprint density at radius 3 is 2.41 bits per heavy atom. The summed E-state index contributed by atoms with van der Waals surface area (Å²) < 4.78 is 10.5. The van der Waals surface area contributed by atoms with Crippen molar-refractivity contribution in [3.8, 4) is 22.8 Å². The van der Waals surface area contributed by atoms with Gasteiger partial charge < -0.3 is 14.8 Å². The zero-order valence-electron chi connectivity index (χ0n) is 16.5. The number of ketones is 1. The molecule has 3 aromatic rings. The van der Waals surface area contributed by atoms with Crippen molar-refractivity contribution in [2.75, 3.05) is 19.5 Å². The van der Waals surface area contributed by atoms with E-state index in [0.29, 0.717) is 33.6 Å². The Hall–Kier alpha value is -3.19. The number of anilines is 1. The summed E-state index contributed by atoms with van der Waals surface area (Å²) >= 11 is 1.19. The first-order valence-electron chi connectivity index (χ1n) is 9.09. The van der Waals surface area contributed by atoms with Gasteiger partial charge in [0.05, 0.1) is 24.8 Å². The summed E-state index contributed by atoms with van der Waals surface area (Å²) in [6.45, 7) is 1.50. The number of hydrogen-bond donors (Lipinski definition) is 1. The number of hydrogen-bond acceptors (Lipinski definition) is 6. The topological polar surface area (TPSA) is 77.5 Å². The molecule has 0 aliphatic heterocycles. The van der Waals surface area contributed by atoms with E-state index in [1.807, 2.05) is 48.5 Å². The Balaban J connectivity index is 1.69. The van der Waals surface area contributed by atoms with Crippen LogP contribution in [-0.4, -0.2) is 30.9 Å². The lowest BCUT2D eigenvalue weighted by atomic mass is 10.1. The lowest BCUT2D eigenvalue weighted by Gasteiger charge is -2.09. The highest BCUT2D eigenvalue weighted by Gasteiger charge is 2.18. The minimum absolute atomic E-state index is 0.0767. The number of rotatable bonds is 8. The van der Waals surface area contributed by atoms with E-state index in [0.717, 1.165) is 11.1 Å². The van der Waals surface area contributed by atoms with Crippen molar-refractivity contribution < 1.29 is 19.1 Å². The van der Waals surface area contributed by atoms with Crippen molar-refractivity contribution in [2.45, 2.75) is 19.8 Å². The first kappa shape index (κ1) is 20.5. The van der Waals surface area contributed by atoms with Crippen molar-refractivity contribution in [2.24, 2.45) is 0 Å². The summed E-state index contributed by atoms with van der Waals surface area (Å²) in [7, 11) is 3.16. The third-order valence-corrected chi connectivity index (χ3v) is 5.40. The minimum atomic E-state index is -0.164. The molecule has 0 fully saturated rings. The highest BCUT2D eigenvalue weighted by Crippen LogP contribution is 2.32. The molecular weight excluding hydrogens is 388 g/mol. The van der Waals surface area contributed by atoms with Gasteiger partial charge in [0.25, 0.3) is 0 Å². The highest BCUT2D eigenvalue weighted by molar-refractivity contribution is 7.18. The van der Waals surface area contributed by atoms with Crippen molar-refractivity contribution in [3.05, 3.63) is 59.0 Å². The fourth-order valence-corrected chi connectivity index (χ4v) is 3.78. The van der Waals surface area contributed by atoms with E-state index in [4.69, 9.17) is 9.47 Å². The monoisotopic (exact) mass is 410 g/mol. The van der Waals surface area contributed by atoms with Crippen LogP contribution in [0.2, 0.25) is 0 Å². The summed E-state index contributed by atoms with van der Waals surface area (Å²) in [5.74, 6) is 1.04. The van der Waals surface area contributed by atoms with E-state index in [1.165, 1.54) is 18.3 Å². The summed E-state index contributed by atoms with van der Waals surface area (Å²) in [6.07, 6.45) is 0.827. The van der Waals surface area contributed by atoms with E-state index in [1.54, 1.807) is 14.2 Å². The van der Waals surface area contributed by atoms with Crippen molar-refractivity contribution >= 4 is 28.2 Å². The maximum atomic E-state index is 12.4. The fraction of sp³-hybridized carbons (Fsp3) is 0.227. The highest BCUT2D eigenvalue weighted by atomic mass is 32.1. The molecule has 0 aliphatic carbocycles. The molecule has 0 saturated heterocycles. The van der Waals surface area contributed by atoms with Gasteiger partial charge in [-0.05, 0) is 24.1 Å². The molecule has 0 bridgehead atoms. The number of Topliss-reactive ketones (excluding diaryl/α,β-unsaturated/α-hetero) is 1. The molecule has 1 amide bonds. The molecule has 2 aromatic carbocycles. The summed E-state index contributed by atoms with van der Waals surface area (Å²) in [5.41, 5.74) is 2.41. The molecule has 1 heterocycles. The molecule has 7 heteroatoms. The number of amides is 1. The Bertz CT molecular complexity index is 1010. The molecule has 150 valence electrons. The van der Waals surface area contributed by atoms with Crippen LogP contribution in [0.3, 0.4) is 0 Å². The number of thiazole rings is 1. The standard InChI is InChI=1S/C22H22N2O4S/c1-14(25)21-20(16-7-5-4-6-8-16)24-22(29-21)23-19(26)12-10-15-9-11-17(27-2)18(13-15)28-3/h4-9,11,13H,10,12H2,1-3H3,(H,23,24,26). The van der Waals surface area contributed by atoms with Gasteiger partial charge in [0.15, 0.2) is 22.4 Å². The number of benzene rings is 2. The van der Waals surface area contributed by atoms with Gasteiger partial charge in [0, 0.05) is 18.9 Å². The molecular formula is C22H22N2O4S. The SMILES string of the molecule is COc1ccc(CCC(=O)Nc2nc(-c3ccccc3)c(C(C)=O)s2)cc1OC. The molecule has 0 aliphatic rings. The van der Waals surface area contributed by atoms with E-state index in [-0.39, 0.29) is 18.1 Å².